The van der Waals surface area contributed by atoms with E-state index in [0.29, 0.717) is 0 Å². The SMILES string of the molecule is c1ccc(-c2ccc(-c3ccc(N(c4ccc(-c5ccc6sc7ccccc7c6c5)cc4)c4ccc5c6ccccc6n(-c6ccccc6)c5c4)cc3)cc2)cc1. The zero-order chi connectivity index (χ0) is 37.7. The highest BCUT2D eigenvalue weighted by molar-refractivity contribution is 7.25. The molecule has 2 nitrogen and oxygen atoms in total. The van der Waals surface area contributed by atoms with E-state index in [0.717, 1.165) is 22.7 Å². The molecule has 0 unspecified atom stereocenters. The summed E-state index contributed by atoms with van der Waals surface area (Å²) in [6.45, 7) is 0. The highest BCUT2D eigenvalue weighted by Crippen LogP contribution is 2.42. The third-order valence-corrected chi connectivity index (χ3v) is 12.4. The maximum atomic E-state index is 2.39. The molecule has 0 atom stereocenters. The first kappa shape index (κ1) is 33.2. The highest BCUT2D eigenvalue weighted by Gasteiger charge is 2.18. The Morgan fingerprint density at radius 3 is 1.46 bits per heavy atom. The van der Waals surface area contributed by atoms with Crippen LogP contribution in [0.4, 0.5) is 17.1 Å². The Labute approximate surface area is 335 Å². The molecule has 0 radical (unpaired) electrons. The van der Waals surface area contributed by atoms with E-state index in [-0.39, 0.29) is 0 Å². The molecule has 268 valence electrons. The number of nitrogens with zero attached hydrogens (tertiary/aromatic N) is 2. The fourth-order valence-corrected chi connectivity index (χ4v) is 9.48. The molecule has 0 amide bonds. The molecular weight excluding hydrogens is 709 g/mol. The topological polar surface area (TPSA) is 8.17 Å². The van der Waals surface area contributed by atoms with Gasteiger partial charge in [-0.1, -0.05) is 146 Å². The number of hydrogen-bond acceptors (Lipinski definition) is 2. The largest absolute Gasteiger partial charge is 0.310 e. The van der Waals surface area contributed by atoms with Crippen LogP contribution in [0.1, 0.15) is 0 Å². The summed E-state index contributed by atoms with van der Waals surface area (Å²) in [5.74, 6) is 0. The summed E-state index contributed by atoms with van der Waals surface area (Å²) in [7, 11) is 0. The Bertz CT molecular complexity index is 3200. The molecule has 2 heterocycles. The summed E-state index contributed by atoms with van der Waals surface area (Å²) in [5.41, 5.74) is 14.1. The highest BCUT2D eigenvalue weighted by atomic mass is 32.1. The first-order valence-corrected chi connectivity index (χ1v) is 20.2. The molecular formula is C54H36N2S. The Morgan fingerprint density at radius 1 is 0.298 bits per heavy atom. The lowest BCUT2D eigenvalue weighted by atomic mass is 10.00. The van der Waals surface area contributed by atoms with Gasteiger partial charge in [0.25, 0.3) is 0 Å². The van der Waals surface area contributed by atoms with Gasteiger partial charge in [0.2, 0.25) is 0 Å². The number of anilines is 3. The molecule has 57 heavy (non-hydrogen) atoms. The van der Waals surface area contributed by atoms with Crippen LogP contribution in [0, 0.1) is 0 Å². The normalized spacial score (nSPS) is 11.5. The van der Waals surface area contributed by atoms with Crippen LogP contribution >= 0.6 is 11.3 Å². The number of aromatic nitrogens is 1. The Kier molecular flexibility index (Phi) is 8.04. The first-order valence-electron chi connectivity index (χ1n) is 19.4. The van der Waals surface area contributed by atoms with Crippen LogP contribution in [0.2, 0.25) is 0 Å². The van der Waals surface area contributed by atoms with E-state index in [4.69, 9.17) is 0 Å². The van der Waals surface area contributed by atoms with Gasteiger partial charge in [-0.25, -0.2) is 0 Å². The number of thiophene rings is 1. The second kappa shape index (κ2) is 13.8. The second-order valence-corrected chi connectivity index (χ2v) is 15.7. The Hall–Kier alpha value is -7.20. The summed E-state index contributed by atoms with van der Waals surface area (Å²) < 4.78 is 5.04. The van der Waals surface area contributed by atoms with Crippen molar-refractivity contribution < 1.29 is 0 Å². The fraction of sp³-hybridized carbons (Fsp3) is 0. The summed E-state index contributed by atoms with van der Waals surface area (Å²) >= 11 is 1.86. The van der Waals surface area contributed by atoms with E-state index in [1.807, 2.05) is 11.3 Å². The maximum absolute atomic E-state index is 2.39. The molecule has 9 aromatic carbocycles. The molecule has 0 fully saturated rings. The number of hydrogen-bond donors (Lipinski definition) is 0. The molecule has 0 saturated carbocycles. The van der Waals surface area contributed by atoms with Gasteiger partial charge in [-0.05, 0) is 106 Å². The Balaban J connectivity index is 1.02. The van der Waals surface area contributed by atoms with Crippen LogP contribution in [0.25, 0.3) is 81.0 Å². The molecule has 0 aliphatic heterocycles. The number of rotatable bonds is 7. The van der Waals surface area contributed by atoms with E-state index < -0.39 is 0 Å². The van der Waals surface area contributed by atoms with Gasteiger partial charge in [-0.3, -0.25) is 0 Å². The minimum absolute atomic E-state index is 1.10. The minimum Gasteiger partial charge on any atom is -0.310 e. The van der Waals surface area contributed by atoms with Crippen molar-refractivity contribution in [2.75, 3.05) is 4.90 Å². The predicted octanol–water partition coefficient (Wildman–Crippen LogP) is 15.6. The van der Waals surface area contributed by atoms with E-state index in [2.05, 4.69) is 228 Å². The molecule has 11 aromatic rings. The van der Waals surface area contributed by atoms with Crippen molar-refractivity contribution in [2.24, 2.45) is 0 Å². The molecule has 0 aliphatic carbocycles. The van der Waals surface area contributed by atoms with Crippen LogP contribution in [0.3, 0.4) is 0 Å². The van der Waals surface area contributed by atoms with Crippen LogP contribution in [-0.4, -0.2) is 4.57 Å². The lowest BCUT2D eigenvalue weighted by Gasteiger charge is -2.26. The van der Waals surface area contributed by atoms with Crippen molar-refractivity contribution in [3.05, 3.63) is 218 Å². The zero-order valence-electron chi connectivity index (χ0n) is 31.1. The van der Waals surface area contributed by atoms with Crippen molar-refractivity contribution in [1.29, 1.82) is 0 Å². The summed E-state index contributed by atoms with van der Waals surface area (Å²) in [4.78, 5) is 2.38. The smallest absolute Gasteiger partial charge is 0.0561 e. The van der Waals surface area contributed by atoms with Crippen LogP contribution in [0.5, 0.6) is 0 Å². The number of benzene rings is 9. The molecule has 0 saturated heterocycles. The Morgan fingerprint density at radius 2 is 0.772 bits per heavy atom. The minimum atomic E-state index is 1.10. The van der Waals surface area contributed by atoms with Crippen molar-refractivity contribution in [2.45, 2.75) is 0 Å². The monoisotopic (exact) mass is 744 g/mol. The van der Waals surface area contributed by atoms with Gasteiger partial charge in [-0.15, -0.1) is 11.3 Å². The first-order chi connectivity index (χ1) is 28.2. The second-order valence-electron chi connectivity index (χ2n) is 14.6. The molecule has 11 rings (SSSR count). The van der Waals surface area contributed by atoms with Gasteiger partial charge in [0.1, 0.15) is 0 Å². The lowest BCUT2D eigenvalue weighted by Crippen LogP contribution is -2.10. The molecule has 0 N–H and O–H groups in total. The van der Waals surface area contributed by atoms with Crippen molar-refractivity contribution >= 4 is 70.4 Å². The third-order valence-electron chi connectivity index (χ3n) is 11.2. The van der Waals surface area contributed by atoms with E-state index >= 15 is 0 Å². The van der Waals surface area contributed by atoms with Gasteiger partial charge in [0.15, 0.2) is 0 Å². The molecule has 2 aromatic heterocycles. The van der Waals surface area contributed by atoms with Gasteiger partial charge in [-0.2, -0.15) is 0 Å². The van der Waals surface area contributed by atoms with Gasteiger partial charge >= 0.3 is 0 Å². The van der Waals surface area contributed by atoms with Gasteiger partial charge in [0, 0.05) is 53.7 Å². The predicted molar refractivity (Wildman–Crippen MR) is 245 cm³/mol. The van der Waals surface area contributed by atoms with Gasteiger partial charge in [0.05, 0.1) is 11.0 Å². The standard InChI is InChI=1S/C54H36N2S/c1-3-11-37(12-4-1)38-19-21-39(22-20-38)40-23-28-44(29-24-40)55(45-30-25-41(26-31-45)42-27-34-54-50(35-42)49-16-8-10-18-53(49)57-54)46-32-33-48-47-15-7-9-17-51(47)56(52(48)36-46)43-13-5-2-6-14-43/h1-36H. The molecule has 3 heteroatoms. The lowest BCUT2D eigenvalue weighted by molar-refractivity contribution is 1.18. The third kappa shape index (κ3) is 5.88. The molecule has 0 aliphatic rings. The summed E-state index contributed by atoms with van der Waals surface area (Å²) in [5, 5.41) is 5.12. The number of fused-ring (bicyclic) bond motifs is 6. The van der Waals surface area contributed by atoms with Crippen molar-refractivity contribution in [3.63, 3.8) is 0 Å². The van der Waals surface area contributed by atoms with Gasteiger partial charge < -0.3 is 9.47 Å². The average molecular weight is 745 g/mol. The van der Waals surface area contributed by atoms with E-state index in [1.165, 1.54) is 75.4 Å². The van der Waals surface area contributed by atoms with E-state index in [9.17, 15) is 0 Å². The van der Waals surface area contributed by atoms with Crippen molar-refractivity contribution in [3.8, 4) is 39.1 Å². The fourth-order valence-electron chi connectivity index (χ4n) is 8.40. The summed E-state index contributed by atoms with van der Waals surface area (Å²) in [6.07, 6.45) is 0. The maximum Gasteiger partial charge on any atom is 0.0561 e. The summed E-state index contributed by atoms with van der Waals surface area (Å²) in [6, 6.07) is 79.4. The van der Waals surface area contributed by atoms with Crippen LogP contribution in [-0.2, 0) is 0 Å². The quantitative estimate of drug-likeness (QED) is 0.158. The number of para-hydroxylation sites is 2. The molecule has 0 bridgehead atoms. The van der Waals surface area contributed by atoms with E-state index in [1.54, 1.807) is 0 Å². The van der Waals surface area contributed by atoms with Crippen molar-refractivity contribution in [1.82, 2.24) is 4.57 Å². The van der Waals surface area contributed by atoms with Crippen LogP contribution < -0.4 is 4.90 Å². The average Bonchev–Trinajstić information content (AvgIpc) is 3.83. The van der Waals surface area contributed by atoms with Crippen LogP contribution in [0.15, 0.2) is 218 Å². The molecule has 0 spiro atoms. The zero-order valence-corrected chi connectivity index (χ0v) is 31.9.